The third kappa shape index (κ3) is 4.01. The van der Waals surface area contributed by atoms with Crippen molar-refractivity contribution >= 4 is 0 Å². The van der Waals surface area contributed by atoms with Gasteiger partial charge >= 0.3 is 0 Å². The van der Waals surface area contributed by atoms with Crippen LogP contribution in [0.3, 0.4) is 0 Å². The molecule has 0 fully saturated rings. The van der Waals surface area contributed by atoms with Crippen molar-refractivity contribution in [2.24, 2.45) is 0 Å². The van der Waals surface area contributed by atoms with Gasteiger partial charge in [0.1, 0.15) is 24.1 Å². The Kier molecular flexibility index (Phi) is 5.44. The largest absolute Gasteiger partial charge is 0.472 e. The molecule has 0 radical (unpaired) electrons. The summed E-state index contributed by atoms with van der Waals surface area (Å²) >= 11 is 0. The van der Waals surface area contributed by atoms with Crippen LogP contribution in [-0.4, -0.2) is 15.0 Å². The zero-order valence-electron chi connectivity index (χ0n) is 16.2. The fraction of sp³-hybridized carbons (Fsp3) is 0.0833. The summed E-state index contributed by atoms with van der Waals surface area (Å²) in [5, 5.41) is 9.86. The number of hydrogen-bond acceptors (Lipinski definition) is 5. The van der Waals surface area contributed by atoms with E-state index in [1.807, 2.05) is 31.2 Å². The van der Waals surface area contributed by atoms with Gasteiger partial charge in [-0.05, 0) is 60.0 Å². The molecule has 0 atom stereocenters. The van der Waals surface area contributed by atoms with E-state index in [9.17, 15) is 9.65 Å². The van der Waals surface area contributed by atoms with Crippen LogP contribution in [0.15, 0.2) is 73.2 Å². The second-order valence-electron chi connectivity index (χ2n) is 6.67. The topological polar surface area (TPSA) is 71.7 Å². The number of rotatable bonds is 5. The van der Waals surface area contributed by atoms with Crippen molar-refractivity contribution in [1.29, 1.82) is 5.26 Å². The maximum Gasteiger partial charge on any atom is 0.233 e. The van der Waals surface area contributed by atoms with Crippen molar-refractivity contribution in [2.75, 3.05) is 0 Å². The molecule has 3 heterocycles. The molecular weight excluding hydrogens is 379 g/mol. The number of halogens is 1. The lowest BCUT2D eigenvalue weighted by Crippen LogP contribution is -2.03. The number of ether oxygens (including phenoxy) is 1. The van der Waals surface area contributed by atoms with E-state index in [4.69, 9.17) is 4.74 Å². The van der Waals surface area contributed by atoms with E-state index in [1.165, 1.54) is 12.1 Å². The van der Waals surface area contributed by atoms with Crippen molar-refractivity contribution in [2.45, 2.75) is 13.5 Å². The molecule has 4 aromatic rings. The molecule has 4 rings (SSSR count). The number of aromatic nitrogens is 3. The molecule has 0 saturated carbocycles. The van der Waals surface area contributed by atoms with E-state index in [2.05, 4.69) is 21.0 Å². The van der Waals surface area contributed by atoms with Crippen molar-refractivity contribution in [3.8, 4) is 34.5 Å². The highest BCUT2D eigenvalue weighted by molar-refractivity contribution is 5.77. The molecular formula is C24H17FN4O. The number of nitrogens with zero attached hydrogens (tertiary/aromatic N) is 4. The summed E-state index contributed by atoms with van der Waals surface area (Å²) in [5.74, 6) is -0.141. The molecule has 146 valence electrons. The number of benzene rings is 1. The molecule has 0 aliphatic rings. The van der Waals surface area contributed by atoms with Crippen molar-refractivity contribution in [3.63, 3.8) is 0 Å². The standard InChI is InChI=1S/C24H17FN4O/c1-16-3-2-10-28-23(16)22-13-20(18-4-6-19(25)7-5-18)21(14-26)24(29-22)30-15-17-8-11-27-12-9-17/h2-13H,15H2,1H3. The summed E-state index contributed by atoms with van der Waals surface area (Å²) in [6.07, 6.45) is 5.04. The number of aryl methyl sites for hydroxylation is 1. The lowest BCUT2D eigenvalue weighted by Gasteiger charge is -2.14. The Morgan fingerprint density at radius 2 is 1.80 bits per heavy atom. The lowest BCUT2D eigenvalue weighted by molar-refractivity contribution is 0.293. The molecule has 30 heavy (non-hydrogen) atoms. The van der Waals surface area contributed by atoms with Gasteiger partial charge in [-0.25, -0.2) is 9.37 Å². The Bertz CT molecular complexity index is 1220. The number of hydrogen-bond donors (Lipinski definition) is 0. The molecule has 0 saturated heterocycles. The van der Waals surface area contributed by atoms with E-state index in [1.54, 1.807) is 36.8 Å². The molecule has 0 N–H and O–H groups in total. The monoisotopic (exact) mass is 396 g/mol. The van der Waals surface area contributed by atoms with E-state index in [-0.39, 0.29) is 23.9 Å². The smallest absolute Gasteiger partial charge is 0.233 e. The normalized spacial score (nSPS) is 10.4. The van der Waals surface area contributed by atoms with Crippen molar-refractivity contribution in [1.82, 2.24) is 15.0 Å². The molecule has 5 nitrogen and oxygen atoms in total. The highest BCUT2D eigenvalue weighted by Crippen LogP contribution is 2.34. The summed E-state index contributed by atoms with van der Waals surface area (Å²) < 4.78 is 19.4. The van der Waals surface area contributed by atoms with Gasteiger partial charge in [-0.1, -0.05) is 18.2 Å². The van der Waals surface area contributed by atoms with E-state index < -0.39 is 0 Å². The molecule has 1 aromatic carbocycles. The van der Waals surface area contributed by atoms with Gasteiger partial charge in [-0.3, -0.25) is 9.97 Å². The Morgan fingerprint density at radius 3 is 2.50 bits per heavy atom. The summed E-state index contributed by atoms with van der Waals surface area (Å²) in [6, 6.07) is 17.4. The average Bonchev–Trinajstić information content (AvgIpc) is 2.78. The van der Waals surface area contributed by atoms with Crippen LogP contribution in [0.5, 0.6) is 5.88 Å². The van der Waals surface area contributed by atoms with Crippen LogP contribution in [-0.2, 0) is 6.61 Å². The van der Waals surface area contributed by atoms with Crippen LogP contribution in [0.2, 0.25) is 0 Å². The molecule has 6 heteroatoms. The minimum Gasteiger partial charge on any atom is -0.472 e. The van der Waals surface area contributed by atoms with E-state index in [0.29, 0.717) is 22.5 Å². The van der Waals surface area contributed by atoms with Gasteiger partial charge in [0.2, 0.25) is 5.88 Å². The molecule has 0 aliphatic heterocycles. The Hall–Kier alpha value is -4.11. The maximum atomic E-state index is 13.5. The summed E-state index contributed by atoms with van der Waals surface area (Å²) in [4.78, 5) is 13.0. The number of nitriles is 1. The first-order valence-electron chi connectivity index (χ1n) is 9.30. The Labute approximate surface area is 173 Å². The predicted molar refractivity (Wildman–Crippen MR) is 111 cm³/mol. The summed E-state index contributed by atoms with van der Waals surface area (Å²) in [7, 11) is 0. The lowest BCUT2D eigenvalue weighted by atomic mass is 9.99. The summed E-state index contributed by atoms with van der Waals surface area (Å²) in [6.45, 7) is 2.18. The van der Waals surface area contributed by atoms with Gasteiger partial charge in [0.25, 0.3) is 0 Å². The fourth-order valence-electron chi connectivity index (χ4n) is 3.10. The SMILES string of the molecule is Cc1cccnc1-c1cc(-c2ccc(F)cc2)c(C#N)c(OCc2ccncc2)n1. The summed E-state index contributed by atoms with van der Waals surface area (Å²) in [5.41, 5.74) is 4.71. The van der Waals surface area contributed by atoms with Gasteiger partial charge < -0.3 is 4.74 Å². The van der Waals surface area contributed by atoms with Crippen molar-refractivity contribution < 1.29 is 9.13 Å². The van der Waals surface area contributed by atoms with Crippen LogP contribution in [0, 0.1) is 24.1 Å². The van der Waals surface area contributed by atoms with Crippen LogP contribution < -0.4 is 4.74 Å². The zero-order chi connectivity index (χ0) is 20.9. The minimum atomic E-state index is -0.346. The second-order valence-corrected chi connectivity index (χ2v) is 6.67. The first-order valence-corrected chi connectivity index (χ1v) is 9.30. The fourth-order valence-corrected chi connectivity index (χ4v) is 3.10. The van der Waals surface area contributed by atoms with Crippen molar-refractivity contribution in [3.05, 3.63) is 95.7 Å². The molecule has 0 unspecified atom stereocenters. The Balaban J connectivity index is 1.85. The third-order valence-electron chi connectivity index (χ3n) is 4.63. The highest BCUT2D eigenvalue weighted by atomic mass is 19.1. The quantitative estimate of drug-likeness (QED) is 0.469. The molecule has 0 spiro atoms. The average molecular weight is 396 g/mol. The van der Waals surface area contributed by atoms with Crippen LogP contribution >= 0.6 is 0 Å². The predicted octanol–water partition coefficient (Wildman–Crippen LogP) is 5.10. The first-order chi connectivity index (χ1) is 14.7. The third-order valence-corrected chi connectivity index (χ3v) is 4.63. The van der Waals surface area contributed by atoms with Gasteiger partial charge in [0.15, 0.2) is 0 Å². The molecule has 0 amide bonds. The highest BCUT2D eigenvalue weighted by Gasteiger charge is 2.18. The molecule has 0 bridgehead atoms. The zero-order valence-corrected chi connectivity index (χ0v) is 16.2. The van der Waals surface area contributed by atoms with Crippen LogP contribution in [0.4, 0.5) is 4.39 Å². The molecule has 0 aliphatic carbocycles. The Morgan fingerprint density at radius 1 is 1.03 bits per heavy atom. The minimum absolute atomic E-state index is 0.205. The van der Waals surface area contributed by atoms with Gasteiger partial charge in [-0.2, -0.15) is 5.26 Å². The van der Waals surface area contributed by atoms with Crippen LogP contribution in [0.1, 0.15) is 16.7 Å². The second kappa shape index (κ2) is 8.50. The first kappa shape index (κ1) is 19.2. The van der Waals surface area contributed by atoms with E-state index >= 15 is 0 Å². The van der Waals surface area contributed by atoms with Crippen LogP contribution in [0.25, 0.3) is 22.5 Å². The number of pyridine rings is 3. The van der Waals surface area contributed by atoms with Gasteiger partial charge in [-0.15, -0.1) is 0 Å². The van der Waals surface area contributed by atoms with Gasteiger partial charge in [0.05, 0.1) is 11.4 Å². The van der Waals surface area contributed by atoms with E-state index in [0.717, 1.165) is 11.1 Å². The van der Waals surface area contributed by atoms with Gasteiger partial charge in [0, 0.05) is 24.2 Å². The molecule has 3 aromatic heterocycles. The maximum absolute atomic E-state index is 13.5.